The Morgan fingerprint density at radius 1 is 0.909 bits per heavy atom. The van der Waals surface area contributed by atoms with E-state index in [-0.39, 0.29) is 5.41 Å². The first-order valence-corrected chi connectivity index (χ1v) is 9.90. The fourth-order valence-electron chi connectivity index (χ4n) is 2.74. The third-order valence-electron chi connectivity index (χ3n) is 4.02. The van der Waals surface area contributed by atoms with Crippen molar-refractivity contribution >= 4 is 37.1 Å². The Morgan fingerprint density at radius 2 is 1.36 bits per heavy atom. The molecule has 0 fully saturated rings. The standard InChI is InChI=1S/C19H25OSi.Li/c1-5-18(19(2,3)4)20-21(16-12-8-6-9-13-16)17-14-10-7-11-15-17;/h6-15,18,21H,1,5H2,2-4H3;. The second-order valence-electron chi connectivity index (χ2n) is 6.98. The van der Waals surface area contributed by atoms with Gasteiger partial charge in [-0.15, -0.1) is 0 Å². The fourth-order valence-corrected chi connectivity index (χ4v) is 5.45. The van der Waals surface area contributed by atoms with Crippen molar-refractivity contribution in [1.82, 2.24) is 0 Å². The normalized spacial score (nSPS) is 13.4. The van der Waals surface area contributed by atoms with Crippen LogP contribution < -0.4 is 10.4 Å². The van der Waals surface area contributed by atoms with E-state index in [0.29, 0.717) is 6.10 Å². The van der Waals surface area contributed by atoms with Gasteiger partial charge in [0.05, 0.1) is 0 Å². The van der Waals surface area contributed by atoms with Crippen LogP contribution in [0.1, 0.15) is 27.2 Å². The summed E-state index contributed by atoms with van der Waals surface area (Å²) in [4.78, 5) is 0. The first-order valence-electron chi connectivity index (χ1n) is 8.27. The molecule has 0 aromatic heterocycles. The van der Waals surface area contributed by atoms with Crippen molar-refractivity contribution in [3.05, 3.63) is 60.7 Å². The summed E-state index contributed by atoms with van der Waals surface area (Å²) < 4.78 is 6.77. The van der Waals surface area contributed by atoms with Crippen molar-refractivity contribution in [3.8, 4) is 0 Å². The summed E-state index contributed by atoms with van der Waals surface area (Å²) in [6, 6.07) is 21.5. The van der Waals surface area contributed by atoms with Crippen LogP contribution in [0.25, 0.3) is 0 Å². The average molecular weight is 304 g/mol. The number of hydrogen-bond acceptors (Lipinski definition) is 1. The molecule has 0 radical (unpaired) electrons. The molecule has 3 heteroatoms. The first-order chi connectivity index (χ1) is 10.5. The summed E-state index contributed by atoms with van der Waals surface area (Å²) >= 11 is 2.24. The van der Waals surface area contributed by atoms with Gasteiger partial charge in [-0.25, -0.2) is 0 Å². The summed E-state index contributed by atoms with van der Waals surface area (Å²) in [5.74, 6) is 0. The minimum absolute atomic E-state index is 0.171. The third kappa shape index (κ3) is 4.86. The second-order valence-corrected chi connectivity index (χ2v) is 9.35. The quantitative estimate of drug-likeness (QED) is 0.746. The molecule has 0 aliphatic rings. The Balaban J connectivity index is 2.33. The van der Waals surface area contributed by atoms with Crippen molar-refractivity contribution < 1.29 is 4.43 Å². The van der Waals surface area contributed by atoms with Crippen molar-refractivity contribution in [1.29, 1.82) is 0 Å². The summed E-state index contributed by atoms with van der Waals surface area (Å²) in [5, 5.41) is 3.88. The van der Waals surface area contributed by atoms with Gasteiger partial charge in [-0.3, -0.25) is 0 Å². The molecule has 0 bridgehead atoms. The Labute approximate surface area is 146 Å². The maximum atomic E-state index is 6.77. The van der Waals surface area contributed by atoms with E-state index in [1.54, 1.807) is 0 Å². The molecule has 0 saturated heterocycles. The molecule has 0 aliphatic heterocycles. The van der Waals surface area contributed by atoms with Crippen LogP contribution >= 0.6 is 0 Å². The van der Waals surface area contributed by atoms with Gasteiger partial charge < -0.3 is 0 Å². The monoisotopic (exact) mass is 304 g/mol. The van der Waals surface area contributed by atoms with Crippen LogP contribution in [0.2, 0.25) is 5.09 Å². The van der Waals surface area contributed by atoms with Gasteiger partial charge in [0.2, 0.25) is 0 Å². The Kier molecular flexibility index (Phi) is 6.53. The molecular weight excluding hydrogens is 279 g/mol. The molecular formula is C19H25LiOSi. The van der Waals surface area contributed by atoms with Gasteiger partial charge in [0.15, 0.2) is 0 Å². The Bertz CT molecular complexity index is 511. The van der Waals surface area contributed by atoms with E-state index in [1.165, 1.54) is 10.4 Å². The predicted molar refractivity (Wildman–Crippen MR) is 98.8 cm³/mol. The maximum absolute atomic E-state index is 6.77. The van der Waals surface area contributed by atoms with Gasteiger partial charge in [0.1, 0.15) is 0 Å². The fraction of sp³-hybridized carbons (Fsp3) is 0.368. The molecule has 0 amide bonds. The van der Waals surface area contributed by atoms with Crippen molar-refractivity contribution in [2.75, 3.05) is 0 Å². The third-order valence-corrected chi connectivity index (χ3v) is 6.60. The molecule has 0 aliphatic carbocycles. The summed E-state index contributed by atoms with van der Waals surface area (Å²) in [5.41, 5.74) is 0.171. The van der Waals surface area contributed by atoms with Gasteiger partial charge in [0, 0.05) is 0 Å². The van der Waals surface area contributed by atoms with E-state index in [1.807, 2.05) is 0 Å². The molecule has 0 N–H and O–H groups in total. The molecule has 1 atom stereocenters. The number of rotatable bonds is 6. The van der Waals surface area contributed by atoms with E-state index in [4.69, 9.17) is 4.43 Å². The molecule has 0 heterocycles. The SMILES string of the molecule is [Li][CH2]CC(O[SiH](c1ccccc1)c1ccccc1)C(C)(C)C. The molecule has 112 valence electrons. The van der Waals surface area contributed by atoms with Crippen LogP contribution in [0.5, 0.6) is 0 Å². The molecule has 0 spiro atoms. The average Bonchev–Trinajstić information content (AvgIpc) is 2.52. The van der Waals surface area contributed by atoms with Crippen LogP contribution in [0.3, 0.4) is 0 Å². The topological polar surface area (TPSA) is 9.23 Å². The zero-order chi connectivity index (χ0) is 16.0. The number of benzene rings is 2. The Hall–Kier alpha value is -0.786. The van der Waals surface area contributed by atoms with Crippen LogP contribution in [-0.2, 0) is 4.43 Å². The molecule has 2 aromatic carbocycles. The molecule has 22 heavy (non-hydrogen) atoms. The Morgan fingerprint density at radius 3 is 1.73 bits per heavy atom. The van der Waals surface area contributed by atoms with Crippen LogP contribution in [0, 0.1) is 5.41 Å². The zero-order valence-corrected chi connectivity index (χ0v) is 15.4. The van der Waals surface area contributed by atoms with Gasteiger partial charge >= 0.3 is 146 Å². The zero-order valence-electron chi connectivity index (χ0n) is 14.3. The summed E-state index contributed by atoms with van der Waals surface area (Å²) in [7, 11) is -1.64. The van der Waals surface area contributed by atoms with Gasteiger partial charge in [-0.1, -0.05) is 0 Å². The van der Waals surface area contributed by atoms with E-state index in [9.17, 15) is 0 Å². The van der Waals surface area contributed by atoms with Crippen molar-refractivity contribution in [3.63, 3.8) is 0 Å². The van der Waals surface area contributed by atoms with Crippen molar-refractivity contribution in [2.24, 2.45) is 5.41 Å². The van der Waals surface area contributed by atoms with Crippen LogP contribution in [0.4, 0.5) is 0 Å². The molecule has 1 nitrogen and oxygen atoms in total. The van der Waals surface area contributed by atoms with Gasteiger partial charge in [-0.2, -0.15) is 0 Å². The van der Waals surface area contributed by atoms with E-state index in [2.05, 4.69) is 99.1 Å². The molecule has 0 saturated carbocycles. The predicted octanol–water partition coefficient (Wildman–Crippen LogP) is 2.93. The van der Waals surface area contributed by atoms with E-state index >= 15 is 0 Å². The summed E-state index contributed by atoms with van der Waals surface area (Å²) in [6.45, 7) is 6.86. The van der Waals surface area contributed by atoms with Crippen LogP contribution in [0.15, 0.2) is 60.7 Å². The summed E-state index contributed by atoms with van der Waals surface area (Å²) in [6.07, 6.45) is 1.42. The first kappa shape index (κ1) is 17.6. The van der Waals surface area contributed by atoms with Gasteiger partial charge in [0.25, 0.3) is 0 Å². The molecule has 2 rings (SSSR count). The van der Waals surface area contributed by atoms with Gasteiger partial charge in [-0.05, 0) is 0 Å². The minimum atomic E-state index is -1.64. The second kappa shape index (κ2) is 8.17. The number of hydrogen-bond donors (Lipinski definition) is 0. The van der Waals surface area contributed by atoms with E-state index < -0.39 is 9.04 Å². The van der Waals surface area contributed by atoms with E-state index in [0.717, 1.165) is 11.5 Å². The van der Waals surface area contributed by atoms with Crippen LogP contribution in [-0.4, -0.2) is 32.9 Å². The van der Waals surface area contributed by atoms with Crippen molar-refractivity contribution in [2.45, 2.75) is 38.4 Å². The molecule has 1 unspecified atom stereocenters. The molecule has 2 aromatic rings.